The Kier molecular flexibility index (Phi) is 9.50. The Morgan fingerprint density at radius 2 is 1.64 bits per heavy atom. The molecule has 4 fully saturated rings. The maximum absolute atomic E-state index is 13.6. The zero-order valence-corrected chi connectivity index (χ0v) is 24.3. The number of fused-ring (bicyclic) bond motifs is 1. The predicted molar refractivity (Wildman–Crippen MR) is 134 cm³/mol. The molecule has 0 radical (unpaired) electrons. The molecule has 2 bridgehead atoms. The first-order valence-electron chi connectivity index (χ1n) is 14.1. The summed E-state index contributed by atoms with van der Waals surface area (Å²) in [5.41, 5.74) is -0.696. The van der Waals surface area contributed by atoms with Crippen LogP contribution in [0.2, 0.25) is 0 Å². The number of ether oxygens (including phenoxy) is 6. The molecule has 0 aromatic heterocycles. The number of esters is 4. The Morgan fingerprint density at radius 3 is 2.24 bits per heavy atom. The molecule has 0 aromatic rings. The topological polar surface area (TPSA) is 178 Å². The summed E-state index contributed by atoms with van der Waals surface area (Å²) < 4.78 is 89.1. The van der Waals surface area contributed by atoms with Gasteiger partial charge in [-0.05, 0) is 38.5 Å². The van der Waals surface area contributed by atoms with Crippen molar-refractivity contribution in [3.63, 3.8) is 0 Å². The second kappa shape index (κ2) is 12.3. The third-order valence-electron chi connectivity index (χ3n) is 8.86. The Hall–Kier alpha value is -2.43. The fourth-order valence-electron chi connectivity index (χ4n) is 6.60. The quantitative estimate of drug-likeness (QED) is 0.178. The summed E-state index contributed by atoms with van der Waals surface area (Å²) in [5.74, 6) is -5.51. The molecule has 1 N–H and O–H groups in total. The average Bonchev–Trinajstić information content (AvgIpc) is 3.55. The molecule has 13 nitrogen and oxygen atoms in total. The van der Waals surface area contributed by atoms with Crippen molar-refractivity contribution in [2.45, 2.75) is 107 Å². The standard InChI is InChI=1S/C26H36F2O13S/c1-4-25(5-2,14-9-7-6-8-10-14)41-24(32)18-17-19-22(40-23(17)31)21(20(18)39-19)38-16(30)12-36-11-15(29)37-13(3)26(27,28)42(33,34)35/h13-14,17-22H,4-12H2,1-3H3,(H,33,34,35). The predicted octanol–water partition coefficient (Wildman–Crippen LogP) is 1.95. The van der Waals surface area contributed by atoms with Gasteiger partial charge in [-0.15, -0.1) is 0 Å². The van der Waals surface area contributed by atoms with Gasteiger partial charge in [0.05, 0.1) is 0 Å². The van der Waals surface area contributed by atoms with E-state index in [0.717, 1.165) is 32.1 Å². The fourth-order valence-corrected chi connectivity index (χ4v) is 7.07. The third kappa shape index (κ3) is 5.99. The van der Waals surface area contributed by atoms with Crippen LogP contribution in [0, 0.1) is 17.8 Å². The van der Waals surface area contributed by atoms with E-state index in [9.17, 15) is 36.4 Å². The summed E-state index contributed by atoms with van der Waals surface area (Å²) in [6.45, 7) is 2.59. The van der Waals surface area contributed by atoms with Crippen LogP contribution in [0.25, 0.3) is 0 Å². The maximum Gasteiger partial charge on any atom is 0.405 e. The van der Waals surface area contributed by atoms with Gasteiger partial charge in [-0.1, -0.05) is 33.1 Å². The van der Waals surface area contributed by atoms with Crippen LogP contribution in [0.4, 0.5) is 8.78 Å². The van der Waals surface area contributed by atoms with Crippen molar-refractivity contribution in [3.8, 4) is 0 Å². The van der Waals surface area contributed by atoms with Crippen LogP contribution >= 0.6 is 0 Å². The summed E-state index contributed by atoms with van der Waals surface area (Å²) >= 11 is 0. The third-order valence-corrected chi connectivity index (χ3v) is 9.88. The largest absolute Gasteiger partial charge is 0.458 e. The highest BCUT2D eigenvalue weighted by Crippen LogP contribution is 2.52. The molecule has 1 aliphatic carbocycles. The van der Waals surface area contributed by atoms with E-state index in [0.29, 0.717) is 19.8 Å². The molecule has 4 rings (SSSR count). The second-order valence-corrected chi connectivity index (χ2v) is 12.7. The minimum atomic E-state index is -5.84. The maximum atomic E-state index is 13.6. The van der Waals surface area contributed by atoms with Crippen molar-refractivity contribution in [1.82, 2.24) is 0 Å². The molecule has 3 heterocycles. The Bertz CT molecular complexity index is 1160. The zero-order chi connectivity index (χ0) is 31.0. The van der Waals surface area contributed by atoms with E-state index in [1.165, 1.54) is 0 Å². The smallest absolute Gasteiger partial charge is 0.405 e. The van der Waals surface area contributed by atoms with Crippen molar-refractivity contribution in [2.24, 2.45) is 17.8 Å². The molecule has 4 aliphatic rings. The van der Waals surface area contributed by atoms with Crippen LogP contribution in [-0.4, -0.2) is 91.4 Å². The summed E-state index contributed by atoms with van der Waals surface area (Å²) in [6, 6.07) is 0. The van der Waals surface area contributed by atoms with Gasteiger partial charge in [0.2, 0.25) is 0 Å². The molecule has 0 amide bonds. The number of hydrogen-bond donors (Lipinski definition) is 1. The van der Waals surface area contributed by atoms with Crippen molar-refractivity contribution in [2.75, 3.05) is 13.2 Å². The lowest BCUT2D eigenvalue weighted by molar-refractivity contribution is -0.182. The molecule has 7 unspecified atom stereocenters. The molecule has 1 saturated carbocycles. The van der Waals surface area contributed by atoms with Gasteiger partial charge in [0, 0.05) is 0 Å². The van der Waals surface area contributed by atoms with Crippen LogP contribution in [0.5, 0.6) is 0 Å². The first kappa shape index (κ1) is 32.5. The normalized spacial score (nSPS) is 30.1. The molecule has 0 aromatic carbocycles. The van der Waals surface area contributed by atoms with Gasteiger partial charge in [0.15, 0.2) is 18.3 Å². The second-order valence-electron chi connectivity index (χ2n) is 11.2. The molecule has 0 spiro atoms. The van der Waals surface area contributed by atoms with E-state index in [1.807, 2.05) is 13.8 Å². The Balaban J connectivity index is 1.35. The van der Waals surface area contributed by atoms with Crippen LogP contribution in [0.15, 0.2) is 0 Å². The summed E-state index contributed by atoms with van der Waals surface area (Å²) in [7, 11) is -5.84. The van der Waals surface area contributed by atoms with Gasteiger partial charge >= 0.3 is 39.2 Å². The number of alkyl halides is 2. The Morgan fingerprint density at radius 1 is 1.02 bits per heavy atom. The summed E-state index contributed by atoms with van der Waals surface area (Å²) in [6.07, 6.45) is -0.174. The van der Waals surface area contributed by atoms with E-state index < -0.39 is 100 Å². The lowest BCUT2D eigenvalue weighted by Gasteiger charge is -2.42. The highest BCUT2D eigenvalue weighted by molar-refractivity contribution is 7.86. The molecule has 16 heteroatoms. The van der Waals surface area contributed by atoms with Gasteiger partial charge < -0.3 is 28.4 Å². The minimum absolute atomic E-state index is 0.188. The van der Waals surface area contributed by atoms with Crippen molar-refractivity contribution in [1.29, 1.82) is 0 Å². The van der Waals surface area contributed by atoms with E-state index in [2.05, 4.69) is 4.74 Å². The molecule has 3 aliphatic heterocycles. The number of rotatable bonds is 13. The lowest BCUT2D eigenvalue weighted by Crippen LogP contribution is -2.51. The molecular weight excluding hydrogens is 590 g/mol. The average molecular weight is 627 g/mol. The van der Waals surface area contributed by atoms with Gasteiger partial charge in [-0.25, -0.2) is 9.59 Å². The van der Waals surface area contributed by atoms with Crippen molar-refractivity contribution < 1.29 is 69.4 Å². The van der Waals surface area contributed by atoms with E-state index in [1.54, 1.807) is 0 Å². The monoisotopic (exact) mass is 626 g/mol. The molecule has 42 heavy (non-hydrogen) atoms. The van der Waals surface area contributed by atoms with Gasteiger partial charge in [0.25, 0.3) is 0 Å². The van der Waals surface area contributed by atoms with E-state index in [-0.39, 0.29) is 5.92 Å². The molecule has 7 atom stereocenters. The number of halogens is 2. The molecule has 238 valence electrons. The number of carbonyl (C=O) groups excluding carboxylic acids is 4. The lowest BCUT2D eigenvalue weighted by atomic mass is 9.73. The van der Waals surface area contributed by atoms with Crippen molar-refractivity contribution >= 4 is 34.0 Å². The molecule has 3 saturated heterocycles. The summed E-state index contributed by atoms with van der Waals surface area (Å²) in [5, 5.41) is -4.76. The summed E-state index contributed by atoms with van der Waals surface area (Å²) in [4.78, 5) is 50.5. The van der Waals surface area contributed by atoms with Crippen molar-refractivity contribution in [3.05, 3.63) is 0 Å². The SMILES string of the molecule is CCC(CC)(OC(=O)C1C2OC3C(OC(=O)C31)C2OC(=O)COCC(=O)OC(C)C(F)(F)S(=O)(=O)O)C1CCCCC1. The number of hydrogen-bond acceptors (Lipinski definition) is 12. The van der Waals surface area contributed by atoms with Crippen LogP contribution in [0.3, 0.4) is 0 Å². The highest BCUT2D eigenvalue weighted by Gasteiger charge is 2.72. The van der Waals surface area contributed by atoms with Crippen LogP contribution < -0.4 is 0 Å². The highest BCUT2D eigenvalue weighted by atomic mass is 32.2. The first-order valence-corrected chi connectivity index (χ1v) is 15.5. The number of carbonyl (C=O) groups is 4. The van der Waals surface area contributed by atoms with Crippen LogP contribution in [0.1, 0.15) is 65.7 Å². The van der Waals surface area contributed by atoms with Gasteiger partial charge in [-0.2, -0.15) is 17.2 Å². The van der Waals surface area contributed by atoms with E-state index in [4.69, 9.17) is 28.2 Å². The van der Waals surface area contributed by atoms with E-state index >= 15 is 0 Å². The zero-order valence-electron chi connectivity index (χ0n) is 23.5. The molecular formula is C26H36F2O13S. The van der Waals surface area contributed by atoms with Gasteiger partial charge in [0.1, 0.15) is 42.9 Å². The minimum Gasteiger partial charge on any atom is -0.458 e. The first-order chi connectivity index (χ1) is 19.7. The Labute approximate surface area is 241 Å². The van der Waals surface area contributed by atoms with Gasteiger partial charge in [-0.3, -0.25) is 14.1 Å². The fraction of sp³-hybridized carbons (Fsp3) is 0.846. The van der Waals surface area contributed by atoms with Crippen LogP contribution in [-0.2, 0) is 57.7 Å².